The summed E-state index contributed by atoms with van der Waals surface area (Å²) in [6.07, 6.45) is 3.09. The highest BCUT2D eigenvalue weighted by molar-refractivity contribution is 5.80. The van der Waals surface area contributed by atoms with E-state index in [1.165, 1.54) is 6.07 Å². The molecule has 2 aromatic rings. The summed E-state index contributed by atoms with van der Waals surface area (Å²) >= 11 is 0. The lowest BCUT2D eigenvalue weighted by molar-refractivity contribution is 0.524. The Morgan fingerprint density at radius 1 is 1.27 bits per heavy atom. The fourth-order valence-corrected chi connectivity index (χ4v) is 1.78. The average Bonchev–Trinajstić information content (AvgIpc) is 2.59. The minimum Gasteiger partial charge on any atom is -0.347 e. The van der Waals surface area contributed by atoms with Crippen LogP contribution >= 0.6 is 0 Å². The van der Waals surface area contributed by atoms with Crippen LogP contribution in [0, 0.1) is 11.7 Å². The molecule has 2 heteroatoms. The molecule has 0 aliphatic heterocycles. The summed E-state index contributed by atoms with van der Waals surface area (Å²) in [4.78, 5) is 0. The molecule has 0 N–H and O–H groups in total. The van der Waals surface area contributed by atoms with Crippen molar-refractivity contribution in [2.75, 3.05) is 0 Å². The van der Waals surface area contributed by atoms with E-state index in [1.54, 1.807) is 6.07 Å². The van der Waals surface area contributed by atoms with Gasteiger partial charge in [-0.1, -0.05) is 19.9 Å². The zero-order valence-corrected chi connectivity index (χ0v) is 9.20. The summed E-state index contributed by atoms with van der Waals surface area (Å²) in [6, 6.07) is 7.10. The zero-order valence-electron chi connectivity index (χ0n) is 9.20. The molecule has 80 valence electrons. The summed E-state index contributed by atoms with van der Waals surface area (Å²) < 4.78 is 15.5. The van der Waals surface area contributed by atoms with E-state index in [0.717, 1.165) is 23.9 Å². The van der Waals surface area contributed by atoms with Crippen molar-refractivity contribution in [3.8, 4) is 0 Å². The molecule has 0 amide bonds. The number of hydrogen-bond acceptors (Lipinski definition) is 0. The van der Waals surface area contributed by atoms with Crippen molar-refractivity contribution in [1.29, 1.82) is 0 Å². The Bertz CT molecular complexity index is 457. The fourth-order valence-electron chi connectivity index (χ4n) is 1.78. The number of aromatic nitrogens is 1. The molecule has 0 aliphatic carbocycles. The number of benzene rings is 1. The van der Waals surface area contributed by atoms with E-state index in [2.05, 4.69) is 18.4 Å². The third-order valence-corrected chi connectivity index (χ3v) is 2.71. The van der Waals surface area contributed by atoms with Gasteiger partial charge >= 0.3 is 0 Å². The molecule has 0 radical (unpaired) electrons. The molecule has 0 saturated carbocycles. The normalized spacial score (nSPS) is 11.5. The van der Waals surface area contributed by atoms with Crippen molar-refractivity contribution >= 4 is 10.9 Å². The predicted molar refractivity (Wildman–Crippen MR) is 61.4 cm³/mol. The molecule has 0 fully saturated rings. The van der Waals surface area contributed by atoms with Gasteiger partial charge in [-0.25, -0.2) is 4.39 Å². The molecule has 0 unspecified atom stereocenters. The van der Waals surface area contributed by atoms with Crippen molar-refractivity contribution in [3.63, 3.8) is 0 Å². The molecule has 0 bridgehead atoms. The molecule has 0 aliphatic rings. The molecular formula is C13H16FN. The van der Waals surface area contributed by atoms with E-state index >= 15 is 0 Å². The van der Waals surface area contributed by atoms with Crippen molar-refractivity contribution in [3.05, 3.63) is 36.3 Å². The van der Waals surface area contributed by atoms with E-state index in [9.17, 15) is 4.39 Å². The van der Waals surface area contributed by atoms with E-state index < -0.39 is 0 Å². The van der Waals surface area contributed by atoms with Crippen LogP contribution in [0.2, 0.25) is 0 Å². The smallest absolute Gasteiger partial charge is 0.132 e. The van der Waals surface area contributed by atoms with Gasteiger partial charge < -0.3 is 4.57 Å². The van der Waals surface area contributed by atoms with Gasteiger partial charge in [0.2, 0.25) is 0 Å². The van der Waals surface area contributed by atoms with Crippen LogP contribution in [0.3, 0.4) is 0 Å². The van der Waals surface area contributed by atoms with Crippen LogP contribution in [-0.2, 0) is 6.54 Å². The van der Waals surface area contributed by atoms with Crippen LogP contribution in [0.4, 0.5) is 4.39 Å². The topological polar surface area (TPSA) is 4.93 Å². The summed E-state index contributed by atoms with van der Waals surface area (Å²) in [7, 11) is 0. The van der Waals surface area contributed by atoms with Gasteiger partial charge in [0.15, 0.2) is 0 Å². The first kappa shape index (κ1) is 10.2. The Hall–Kier alpha value is -1.31. The first-order chi connectivity index (χ1) is 7.18. The van der Waals surface area contributed by atoms with Crippen LogP contribution in [0.25, 0.3) is 10.9 Å². The quantitative estimate of drug-likeness (QED) is 0.717. The first-order valence-corrected chi connectivity index (χ1v) is 5.42. The SMILES string of the molecule is CC(C)CCn1ccc2c(F)cccc21. The van der Waals surface area contributed by atoms with Crippen LogP contribution in [-0.4, -0.2) is 4.57 Å². The Labute approximate surface area is 89.5 Å². The molecule has 1 heterocycles. The Kier molecular flexibility index (Phi) is 2.76. The third-order valence-electron chi connectivity index (χ3n) is 2.71. The van der Waals surface area contributed by atoms with Crippen LogP contribution in [0.5, 0.6) is 0 Å². The van der Waals surface area contributed by atoms with Gasteiger partial charge in [0.05, 0.1) is 5.52 Å². The van der Waals surface area contributed by atoms with Gasteiger partial charge in [-0.15, -0.1) is 0 Å². The highest BCUT2D eigenvalue weighted by Crippen LogP contribution is 2.19. The van der Waals surface area contributed by atoms with Crippen molar-refractivity contribution in [2.45, 2.75) is 26.8 Å². The fraction of sp³-hybridized carbons (Fsp3) is 0.385. The monoisotopic (exact) mass is 205 g/mol. The molecule has 1 aromatic carbocycles. The van der Waals surface area contributed by atoms with Gasteiger partial charge in [-0.05, 0) is 30.5 Å². The van der Waals surface area contributed by atoms with E-state index in [-0.39, 0.29) is 5.82 Å². The number of fused-ring (bicyclic) bond motifs is 1. The first-order valence-electron chi connectivity index (χ1n) is 5.42. The summed E-state index contributed by atoms with van der Waals surface area (Å²) in [5.41, 5.74) is 0.996. The van der Waals surface area contributed by atoms with Gasteiger partial charge in [0, 0.05) is 18.1 Å². The molecule has 1 nitrogen and oxygen atoms in total. The van der Waals surface area contributed by atoms with Crippen molar-refractivity contribution < 1.29 is 4.39 Å². The molecule has 0 saturated heterocycles. The minimum absolute atomic E-state index is 0.129. The van der Waals surface area contributed by atoms with E-state index in [0.29, 0.717) is 5.92 Å². The number of nitrogens with zero attached hydrogens (tertiary/aromatic N) is 1. The average molecular weight is 205 g/mol. The maximum absolute atomic E-state index is 13.4. The van der Waals surface area contributed by atoms with E-state index in [1.807, 2.05) is 18.3 Å². The Morgan fingerprint density at radius 2 is 2.07 bits per heavy atom. The Balaban J connectivity index is 2.33. The second-order valence-corrected chi connectivity index (χ2v) is 4.36. The summed E-state index contributed by atoms with van der Waals surface area (Å²) in [5.74, 6) is 0.548. The highest BCUT2D eigenvalue weighted by atomic mass is 19.1. The summed E-state index contributed by atoms with van der Waals surface area (Å²) in [5, 5.41) is 0.723. The number of hydrogen-bond donors (Lipinski definition) is 0. The standard InChI is InChI=1S/C13H16FN/c1-10(2)6-8-15-9-7-11-12(14)4-3-5-13(11)15/h3-5,7,9-10H,6,8H2,1-2H3. The lowest BCUT2D eigenvalue weighted by atomic mass is 10.1. The maximum atomic E-state index is 13.4. The van der Waals surface area contributed by atoms with Crippen molar-refractivity contribution in [2.24, 2.45) is 5.92 Å². The van der Waals surface area contributed by atoms with Gasteiger partial charge in [-0.3, -0.25) is 0 Å². The second kappa shape index (κ2) is 4.05. The molecule has 15 heavy (non-hydrogen) atoms. The van der Waals surface area contributed by atoms with Crippen LogP contribution < -0.4 is 0 Å². The zero-order chi connectivity index (χ0) is 10.8. The van der Waals surface area contributed by atoms with Crippen LogP contribution in [0.15, 0.2) is 30.5 Å². The lowest BCUT2D eigenvalue weighted by Crippen LogP contribution is -1.99. The maximum Gasteiger partial charge on any atom is 0.132 e. The van der Waals surface area contributed by atoms with Crippen LogP contribution in [0.1, 0.15) is 20.3 Å². The minimum atomic E-state index is -0.129. The molecule has 0 spiro atoms. The Morgan fingerprint density at radius 3 is 2.80 bits per heavy atom. The van der Waals surface area contributed by atoms with Crippen molar-refractivity contribution in [1.82, 2.24) is 4.57 Å². The third kappa shape index (κ3) is 2.04. The lowest BCUT2D eigenvalue weighted by Gasteiger charge is -2.07. The molecule has 0 atom stereocenters. The molecular weight excluding hydrogens is 189 g/mol. The highest BCUT2D eigenvalue weighted by Gasteiger charge is 2.04. The van der Waals surface area contributed by atoms with Gasteiger partial charge in [0.1, 0.15) is 5.82 Å². The number of halogens is 1. The molecule has 1 aromatic heterocycles. The number of aryl methyl sites for hydroxylation is 1. The molecule has 2 rings (SSSR count). The van der Waals surface area contributed by atoms with Gasteiger partial charge in [-0.2, -0.15) is 0 Å². The second-order valence-electron chi connectivity index (χ2n) is 4.36. The van der Waals surface area contributed by atoms with E-state index in [4.69, 9.17) is 0 Å². The van der Waals surface area contributed by atoms with Gasteiger partial charge in [0.25, 0.3) is 0 Å². The predicted octanol–water partition coefficient (Wildman–Crippen LogP) is 3.83. The largest absolute Gasteiger partial charge is 0.347 e. The number of rotatable bonds is 3. The summed E-state index contributed by atoms with van der Waals surface area (Å²) in [6.45, 7) is 5.36.